The molecule has 1 aromatic heterocycles. The van der Waals surface area contributed by atoms with Crippen LogP contribution in [0.4, 0.5) is 4.79 Å². The van der Waals surface area contributed by atoms with Crippen LogP contribution < -0.4 is 11.1 Å². The van der Waals surface area contributed by atoms with E-state index in [2.05, 4.69) is 22.3 Å². The molecule has 0 aromatic carbocycles. The Morgan fingerprint density at radius 1 is 1.40 bits per heavy atom. The lowest BCUT2D eigenvalue weighted by molar-refractivity contribution is 0.0963. The number of amides is 1. The molecule has 1 fully saturated rings. The smallest absolute Gasteiger partial charge is 0.409 e. The summed E-state index contributed by atoms with van der Waals surface area (Å²) in [7, 11) is 1.95. The Hall–Kier alpha value is -2.25. The average Bonchev–Trinajstić information content (AvgIpc) is 2.82. The maximum atomic E-state index is 11.7. The topological polar surface area (TPSA) is 97.8 Å². The number of ether oxygens (including phenoxy) is 1. The van der Waals surface area contributed by atoms with Crippen molar-refractivity contribution in [3.63, 3.8) is 0 Å². The van der Waals surface area contributed by atoms with Gasteiger partial charge < -0.3 is 20.7 Å². The molecule has 1 aromatic rings. The van der Waals surface area contributed by atoms with E-state index >= 15 is 0 Å². The van der Waals surface area contributed by atoms with Gasteiger partial charge in [-0.05, 0) is 45.6 Å². The van der Waals surface area contributed by atoms with Crippen LogP contribution in [-0.2, 0) is 18.2 Å². The summed E-state index contributed by atoms with van der Waals surface area (Å²) in [4.78, 5) is 17.9. The summed E-state index contributed by atoms with van der Waals surface area (Å²) in [6.45, 7) is 8.30. The monoisotopic (exact) mass is 350 g/mol. The fraction of sp³-hybridized carbons (Fsp3) is 0.706. The molecule has 1 amide bonds. The van der Waals surface area contributed by atoms with Gasteiger partial charge in [0.1, 0.15) is 0 Å². The van der Waals surface area contributed by atoms with Gasteiger partial charge in [0.25, 0.3) is 0 Å². The lowest BCUT2D eigenvalue weighted by Gasteiger charge is -2.31. The number of likely N-dealkylation sites (tertiary alicyclic amines) is 1. The first-order valence-corrected chi connectivity index (χ1v) is 8.89. The van der Waals surface area contributed by atoms with Crippen molar-refractivity contribution >= 4 is 12.1 Å². The van der Waals surface area contributed by atoms with Gasteiger partial charge in [-0.1, -0.05) is 0 Å². The van der Waals surface area contributed by atoms with Crippen molar-refractivity contribution in [1.82, 2.24) is 20.0 Å². The van der Waals surface area contributed by atoms with Crippen molar-refractivity contribution < 1.29 is 9.53 Å². The number of aromatic nitrogens is 2. The van der Waals surface area contributed by atoms with E-state index in [0.29, 0.717) is 32.2 Å². The molecule has 0 aliphatic carbocycles. The van der Waals surface area contributed by atoms with E-state index in [1.165, 1.54) is 11.3 Å². The second kappa shape index (κ2) is 8.73. The first-order chi connectivity index (χ1) is 11.9. The minimum atomic E-state index is -0.232. The molecule has 3 N–H and O–H groups in total. The van der Waals surface area contributed by atoms with Gasteiger partial charge in [0.2, 0.25) is 0 Å². The zero-order chi connectivity index (χ0) is 18.4. The molecule has 8 nitrogen and oxygen atoms in total. The Morgan fingerprint density at radius 2 is 2.08 bits per heavy atom. The maximum absolute atomic E-state index is 11.7. The molecule has 2 heterocycles. The maximum Gasteiger partial charge on any atom is 0.409 e. The normalized spacial score (nSPS) is 16.2. The summed E-state index contributed by atoms with van der Waals surface area (Å²) in [6.07, 6.45) is 2.28. The number of hydrogen-bond donors (Lipinski definition) is 2. The standard InChI is InChI=1S/C17H30N6O2/c1-5-25-17(24)23-10-7-14(8-11-23)20-16(18)19-9-6-15-12(2)21-22(4)13(15)3/h14H,5-11H2,1-4H3,(H3,18,19,20). The minimum Gasteiger partial charge on any atom is -0.450 e. The third kappa shape index (κ3) is 5.11. The minimum absolute atomic E-state index is 0.232. The molecule has 8 heteroatoms. The van der Waals surface area contributed by atoms with Crippen molar-refractivity contribution in [2.75, 3.05) is 26.2 Å². The van der Waals surface area contributed by atoms with E-state index in [4.69, 9.17) is 10.5 Å². The van der Waals surface area contributed by atoms with Crippen LogP contribution in [0.15, 0.2) is 4.99 Å². The second-order valence-corrected chi connectivity index (χ2v) is 6.39. The number of carbonyl (C=O) groups excluding carboxylic acids is 1. The zero-order valence-electron chi connectivity index (χ0n) is 15.7. The molecular weight excluding hydrogens is 320 g/mol. The van der Waals surface area contributed by atoms with Crippen LogP contribution in [0.3, 0.4) is 0 Å². The summed E-state index contributed by atoms with van der Waals surface area (Å²) in [6, 6.07) is 0.247. The third-order valence-electron chi connectivity index (χ3n) is 4.68. The van der Waals surface area contributed by atoms with Crippen LogP contribution in [0.5, 0.6) is 0 Å². The number of nitrogens with zero attached hydrogens (tertiary/aromatic N) is 4. The molecule has 140 valence electrons. The average molecular weight is 350 g/mol. The molecule has 0 bridgehead atoms. The number of aliphatic imine (C=N–C) groups is 1. The number of nitrogens with two attached hydrogens (primary N) is 1. The van der Waals surface area contributed by atoms with Crippen LogP contribution in [0.25, 0.3) is 0 Å². The lowest BCUT2D eigenvalue weighted by Crippen LogP contribution is -2.48. The van der Waals surface area contributed by atoms with Crippen molar-refractivity contribution in [2.24, 2.45) is 17.8 Å². The van der Waals surface area contributed by atoms with Crippen LogP contribution in [0, 0.1) is 13.8 Å². The first-order valence-electron chi connectivity index (χ1n) is 8.89. The fourth-order valence-corrected chi connectivity index (χ4v) is 3.14. The number of guanidine groups is 1. The summed E-state index contributed by atoms with van der Waals surface area (Å²) in [5.74, 6) is 0.466. The van der Waals surface area contributed by atoms with E-state index in [9.17, 15) is 4.79 Å². The highest BCUT2D eigenvalue weighted by Gasteiger charge is 2.23. The summed E-state index contributed by atoms with van der Waals surface area (Å²) < 4.78 is 6.92. The second-order valence-electron chi connectivity index (χ2n) is 6.39. The van der Waals surface area contributed by atoms with E-state index in [-0.39, 0.29) is 12.1 Å². The quantitative estimate of drug-likeness (QED) is 0.612. The van der Waals surface area contributed by atoms with Crippen molar-refractivity contribution in [1.29, 1.82) is 0 Å². The summed E-state index contributed by atoms with van der Waals surface area (Å²) in [5, 5.41) is 7.67. The number of nitrogens with one attached hydrogen (secondary N) is 1. The van der Waals surface area contributed by atoms with Gasteiger partial charge in [-0.3, -0.25) is 9.67 Å². The first kappa shape index (κ1) is 19.1. The van der Waals surface area contributed by atoms with E-state index in [1.54, 1.807) is 4.90 Å². The lowest BCUT2D eigenvalue weighted by atomic mass is 10.1. The predicted molar refractivity (Wildman–Crippen MR) is 97.6 cm³/mol. The molecule has 1 aliphatic heterocycles. The highest BCUT2D eigenvalue weighted by atomic mass is 16.6. The van der Waals surface area contributed by atoms with Gasteiger partial charge in [-0.2, -0.15) is 5.10 Å². The van der Waals surface area contributed by atoms with Gasteiger partial charge in [0, 0.05) is 38.4 Å². The molecule has 0 spiro atoms. The molecule has 0 saturated carbocycles. The number of hydrogen-bond acceptors (Lipinski definition) is 4. The van der Waals surface area contributed by atoms with Crippen molar-refractivity contribution in [3.05, 3.63) is 17.0 Å². The predicted octanol–water partition coefficient (Wildman–Crippen LogP) is 1.10. The van der Waals surface area contributed by atoms with Crippen LogP contribution in [0.1, 0.15) is 36.7 Å². The molecule has 0 atom stereocenters. The zero-order valence-corrected chi connectivity index (χ0v) is 15.7. The third-order valence-corrected chi connectivity index (χ3v) is 4.68. The van der Waals surface area contributed by atoms with Gasteiger partial charge in [0.05, 0.1) is 12.3 Å². The fourth-order valence-electron chi connectivity index (χ4n) is 3.14. The molecule has 1 aliphatic rings. The molecule has 0 radical (unpaired) electrons. The summed E-state index contributed by atoms with van der Waals surface area (Å²) >= 11 is 0. The number of rotatable bonds is 5. The highest BCUT2D eigenvalue weighted by molar-refractivity contribution is 5.78. The SMILES string of the molecule is CCOC(=O)N1CCC(NC(N)=NCCc2c(C)nn(C)c2C)CC1. The van der Waals surface area contributed by atoms with E-state index in [1.807, 2.05) is 25.6 Å². The van der Waals surface area contributed by atoms with E-state index in [0.717, 1.165) is 25.0 Å². The van der Waals surface area contributed by atoms with Crippen LogP contribution >= 0.6 is 0 Å². The van der Waals surface area contributed by atoms with Crippen molar-refractivity contribution in [3.8, 4) is 0 Å². The van der Waals surface area contributed by atoms with Gasteiger partial charge in [-0.25, -0.2) is 4.79 Å². The van der Waals surface area contributed by atoms with Crippen LogP contribution in [0.2, 0.25) is 0 Å². The Balaban J connectivity index is 1.76. The van der Waals surface area contributed by atoms with Crippen molar-refractivity contribution in [2.45, 2.75) is 46.1 Å². The summed E-state index contributed by atoms with van der Waals surface area (Å²) in [5.41, 5.74) is 9.46. The number of piperidine rings is 1. The number of aryl methyl sites for hydroxylation is 2. The van der Waals surface area contributed by atoms with Crippen LogP contribution in [-0.4, -0.2) is 59.0 Å². The van der Waals surface area contributed by atoms with Gasteiger partial charge in [0.15, 0.2) is 5.96 Å². The number of carbonyl (C=O) groups is 1. The Labute approximate surface area is 149 Å². The molecule has 0 unspecified atom stereocenters. The Morgan fingerprint density at radius 3 is 2.64 bits per heavy atom. The molecule has 25 heavy (non-hydrogen) atoms. The Kier molecular flexibility index (Phi) is 6.66. The van der Waals surface area contributed by atoms with E-state index < -0.39 is 0 Å². The largest absolute Gasteiger partial charge is 0.450 e. The molecule has 1 saturated heterocycles. The van der Waals surface area contributed by atoms with Gasteiger partial charge >= 0.3 is 6.09 Å². The Bertz CT molecular complexity index is 617. The highest BCUT2D eigenvalue weighted by Crippen LogP contribution is 2.13. The molecular formula is C17H30N6O2. The molecule has 2 rings (SSSR count). The van der Waals surface area contributed by atoms with Gasteiger partial charge in [-0.15, -0.1) is 0 Å².